The quantitative estimate of drug-likeness (QED) is 0.0201. The zero-order valence-electron chi connectivity index (χ0n) is 46.3. The highest BCUT2D eigenvalue weighted by atomic mass is 32.2. The van der Waals surface area contributed by atoms with E-state index in [9.17, 15) is 23.3 Å². The smallest absolute Gasteiger partial charge is 0.333 e. The van der Waals surface area contributed by atoms with Gasteiger partial charge in [0.1, 0.15) is 29.4 Å². The van der Waals surface area contributed by atoms with Gasteiger partial charge in [0.05, 0.1) is 62.3 Å². The number of aromatic nitrogens is 2. The summed E-state index contributed by atoms with van der Waals surface area (Å²) >= 11 is 0. The lowest BCUT2D eigenvalue weighted by molar-refractivity contribution is -0.0927. The Kier molecular flexibility index (Phi) is 21.7. The second kappa shape index (κ2) is 28.5. The summed E-state index contributed by atoms with van der Waals surface area (Å²) < 4.78 is 72.5. The van der Waals surface area contributed by atoms with Crippen LogP contribution < -0.4 is 30.3 Å². The molecule has 420 valence electrons. The molecule has 20 heteroatoms. The molecule has 0 amide bonds. The summed E-state index contributed by atoms with van der Waals surface area (Å²) in [4.78, 5) is 29.9. The zero-order valence-corrected chi connectivity index (χ0v) is 48.0. The van der Waals surface area contributed by atoms with Crippen molar-refractivity contribution in [2.24, 2.45) is 10.2 Å². The van der Waals surface area contributed by atoms with Gasteiger partial charge in [0, 0.05) is 63.6 Å². The number of methoxy groups -OCH3 is 2. The van der Waals surface area contributed by atoms with Crippen molar-refractivity contribution in [3.63, 3.8) is 0 Å². The first-order chi connectivity index (χ1) is 38.1. The lowest BCUT2D eigenvalue weighted by atomic mass is 9.80. The number of anilines is 1. The Morgan fingerprint density at radius 2 is 1.34 bits per heavy atom. The maximum absolute atomic E-state index is 14.4. The van der Waals surface area contributed by atoms with E-state index in [1.165, 1.54) is 33.5 Å². The monoisotopic (exact) mass is 1120 g/mol. The van der Waals surface area contributed by atoms with E-state index in [-0.39, 0.29) is 56.1 Å². The van der Waals surface area contributed by atoms with Gasteiger partial charge in [-0.25, -0.2) is 22.6 Å². The number of unbranched alkanes of at least 4 members (excludes halogenated alkanes) is 3. The number of benzene rings is 5. The highest BCUT2D eigenvalue weighted by Gasteiger charge is 2.45. The Balaban J connectivity index is 1.07. The Bertz CT molecular complexity index is 3120. The number of rotatable bonds is 29. The van der Waals surface area contributed by atoms with Crippen LogP contribution >= 0.6 is 8.53 Å². The van der Waals surface area contributed by atoms with Crippen LogP contribution in [-0.2, 0) is 40.7 Å². The number of ether oxygens (including phenoxy) is 4. The van der Waals surface area contributed by atoms with Gasteiger partial charge in [0.2, 0.25) is 10.0 Å². The molecular formula is C59H73N8O10PS. The van der Waals surface area contributed by atoms with Gasteiger partial charge in [0.15, 0.2) is 0 Å². The third-order valence-corrected chi connectivity index (χ3v) is 17.1. The molecule has 6 aromatic rings. The van der Waals surface area contributed by atoms with Crippen molar-refractivity contribution in [3.8, 4) is 17.6 Å². The van der Waals surface area contributed by atoms with Gasteiger partial charge >= 0.3 is 5.69 Å². The number of nitrogens with zero attached hydrogens (tertiary/aromatic N) is 7. The molecule has 0 aliphatic carbocycles. The first-order valence-electron chi connectivity index (χ1n) is 26.6. The van der Waals surface area contributed by atoms with Crippen LogP contribution in [0, 0.1) is 11.3 Å². The number of sulfonamides is 1. The second-order valence-corrected chi connectivity index (χ2v) is 23.0. The van der Waals surface area contributed by atoms with E-state index in [0.717, 1.165) is 22.4 Å². The Morgan fingerprint density at radius 1 is 0.772 bits per heavy atom. The molecular weight excluding hydrogens is 1040 g/mol. The Labute approximate surface area is 465 Å². The van der Waals surface area contributed by atoms with Gasteiger partial charge in [-0.15, -0.1) is 0 Å². The Hall–Kier alpha value is -6.59. The van der Waals surface area contributed by atoms with E-state index in [0.29, 0.717) is 48.6 Å². The van der Waals surface area contributed by atoms with Gasteiger partial charge in [-0.3, -0.25) is 13.9 Å². The first-order valence-corrected chi connectivity index (χ1v) is 29.2. The fraction of sp³-hybridized carbons (Fsp3) is 0.407. The molecule has 2 heterocycles. The maximum atomic E-state index is 14.4. The predicted molar refractivity (Wildman–Crippen MR) is 307 cm³/mol. The molecule has 79 heavy (non-hydrogen) atoms. The van der Waals surface area contributed by atoms with Crippen LogP contribution in [0.5, 0.6) is 11.5 Å². The first kappa shape index (κ1) is 60.1. The molecule has 4 unspecified atom stereocenters. The maximum Gasteiger partial charge on any atom is 0.333 e. The fourth-order valence-electron chi connectivity index (χ4n) is 9.44. The molecule has 0 spiro atoms. The normalized spacial score (nSPS) is 16.2. The van der Waals surface area contributed by atoms with Crippen molar-refractivity contribution in [2.45, 2.75) is 114 Å². The number of nitriles is 1. The molecule has 18 nitrogen and oxygen atoms in total. The van der Waals surface area contributed by atoms with E-state index in [1.54, 1.807) is 26.4 Å². The minimum atomic E-state index is -3.78. The largest absolute Gasteiger partial charge is 0.497 e. The van der Waals surface area contributed by atoms with Crippen LogP contribution in [0.3, 0.4) is 0 Å². The van der Waals surface area contributed by atoms with E-state index in [4.69, 9.17) is 28.0 Å². The van der Waals surface area contributed by atoms with E-state index < -0.39 is 53.8 Å². The van der Waals surface area contributed by atoms with Crippen molar-refractivity contribution < 1.29 is 36.4 Å². The summed E-state index contributed by atoms with van der Waals surface area (Å²) in [7, 11) is 1.62. The molecule has 1 aromatic heterocycles. The van der Waals surface area contributed by atoms with E-state index >= 15 is 0 Å². The summed E-state index contributed by atoms with van der Waals surface area (Å²) in [6, 6.07) is 42.7. The molecule has 1 saturated heterocycles. The molecule has 1 N–H and O–H groups in total. The molecule has 0 saturated carbocycles. The molecule has 1 aliphatic heterocycles. The lowest BCUT2D eigenvalue weighted by Crippen LogP contribution is -2.41. The SMILES string of the molecule is COc1ccc(C(OCC2OC(n3ccc(=O)n(CCCCCCNS(=O)(=O)c4ccc(N=Nc5ccc(N(C)C)cc5)cc4)c3=O)CC2OP(OCCC#N)N(C(C)C)C(C)C)(c2ccccc2)c2ccc(OC)cc2)cc1. The average molecular weight is 1120 g/mol. The van der Waals surface area contributed by atoms with Crippen LogP contribution in [0.2, 0.25) is 0 Å². The third-order valence-electron chi connectivity index (χ3n) is 13.5. The fourth-order valence-corrected chi connectivity index (χ4v) is 12.3. The number of nitrogens with one attached hydrogen (secondary N) is 1. The van der Waals surface area contributed by atoms with Crippen LogP contribution in [0.25, 0.3) is 0 Å². The van der Waals surface area contributed by atoms with Crippen molar-refractivity contribution in [1.82, 2.24) is 18.5 Å². The standard InChI is InChI=1S/C59H73N8O10PS/c1-43(2)67(44(3)4)78(75-40-16-36-60)77-54-41-57(76-55(54)42-74-59(45-17-12-11-13-18-45,46-19-29-51(72-7)30-20-46)47-21-31-52(73-8)32-22-47)66-39-35-56(68)65(58(66)69)38-15-10-9-14-37-61-79(70,71)53-33-25-49(26-34-53)63-62-48-23-27-50(28-24-48)64(5)6/h11-13,17-35,39,43-44,54-55,57,61H,9-10,14-16,37-38,40-42H2,1-8H3. The molecule has 4 atom stereocenters. The van der Waals surface area contributed by atoms with Crippen LogP contribution in [0.1, 0.15) is 89.1 Å². The van der Waals surface area contributed by atoms with Gasteiger partial charge in [-0.05, 0) is 130 Å². The van der Waals surface area contributed by atoms with Crippen molar-refractivity contribution >= 4 is 35.6 Å². The van der Waals surface area contributed by atoms with Crippen molar-refractivity contribution in [2.75, 3.05) is 53.0 Å². The van der Waals surface area contributed by atoms with Crippen molar-refractivity contribution in [1.29, 1.82) is 5.26 Å². The molecule has 0 bridgehead atoms. The lowest BCUT2D eigenvalue weighted by Gasteiger charge is -2.39. The number of hydrogen-bond acceptors (Lipinski definition) is 15. The average Bonchev–Trinajstić information content (AvgIpc) is 3.98. The highest BCUT2D eigenvalue weighted by Crippen LogP contribution is 2.51. The summed E-state index contributed by atoms with van der Waals surface area (Å²) in [5, 5.41) is 18.0. The molecule has 1 aliphatic rings. The van der Waals surface area contributed by atoms with Crippen LogP contribution in [0.15, 0.2) is 164 Å². The zero-order chi connectivity index (χ0) is 56.5. The van der Waals surface area contributed by atoms with Gasteiger partial charge in [-0.1, -0.05) is 67.4 Å². The molecule has 0 radical (unpaired) electrons. The van der Waals surface area contributed by atoms with Crippen LogP contribution in [0.4, 0.5) is 17.1 Å². The molecule has 5 aromatic carbocycles. The molecule has 7 rings (SSSR count). The number of hydrogen-bond donors (Lipinski definition) is 1. The summed E-state index contributed by atoms with van der Waals surface area (Å²) in [6.07, 6.45) is 1.85. The second-order valence-electron chi connectivity index (χ2n) is 19.8. The van der Waals surface area contributed by atoms with Crippen molar-refractivity contribution in [3.05, 3.63) is 177 Å². The third kappa shape index (κ3) is 15.4. The minimum absolute atomic E-state index is 0.0123. The number of azo groups is 1. The topological polar surface area (TPSA) is 201 Å². The van der Waals surface area contributed by atoms with E-state index in [2.05, 4.69) is 53.4 Å². The van der Waals surface area contributed by atoms with Gasteiger partial charge < -0.3 is 32.9 Å². The highest BCUT2D eigenvalue weighted by molar-refractivity contribution is 7.89. The van der Waals surface area contributed by atoms with Gasteiger partial charge in [0.25, 0.3) is 14.1 Å². The van der Waals surface area contributed by atoms with E-state index in [1.807, 2.05) is 122 Å². The Morgan fingerprint density at radius 3 is 1.90 bits per heavy atom. The minimum Gasteiger partial charge on any atom is -0.497 e. The summed E-state index contributed by atoms with van der Waals surface area (Å²) in [6.45, 7) is 8.74. The van der Waals surface area contributed by atoms with Crippen LogP contribution in [-0.4, -0.2) is 94.6 Å². The molecule has 1 fully saturated rings. The summed E-state index contributed by atoms with van der Waals surface area (Å²) in [5.74, 6) is 1.35. The van der Waals surface area contributed by atoms with Gasteiger partial charge in [-0.2, -0.15) is 15.5 Å². The predicted octanol–water partition coefficient (Wildman–Crippen LogP) is 11.0. The summed E-state index contributed by atoms with van der Waals surface area (Å²) in [5.41, 5.74) is 2.54.